The Morgan fingerprint density at radius 1 is 0.627 bits per heavy atom. The van der Waals surface area contributed by atoms with Crippen molar-refractivity contribution in [3.05, 3.63) is 54.7 Å². The van der Waals surface area contributed by atoms with E-state index in [1.54, 1.807) is 0 Å². The Hall–Kier alpha value is -6.12. The Labute approximate surface area is 291 Å². The van der Waals surface area contributed by atoms with Crippen molar-refractivity contribution in [2.75, 3.05) is 19.6 Å². The maximum absolute atomic E-state index is 13.1. The number of imidazole rings is 3. The molecule has 3 heterocycles. The molecule has 0 bridgehead atoms. The molecule has 51 heavy (non-hydrogen) atoms. The lowest BCUT2D eigenvalue weighted by molar-refractivity contribution is -0.141. The number of amides is 6. The van der Waals surface area contributed by atoms with E-state index >= 15 is 0 Å². The van der Waals surface area contributed by atoms with Crippen molar-refractivity contribution in [3.63, 3.8) is 0 Å². The summed E-state index contributed by atoms with van der Waals surface area (Å²) in [5.74, 6) is -5.55. The maximum atomic E-state index is 13.1. The number of rotatable bonds is 21. The monoisotopic (exact) mass is 713 g/mol. The fraction of sp³-hybridized carbons (Fsp3) is 0.467. The molecular weight excluding hydrogens is 670 g/mol. The minimum atomic E-state index is -1.29. The third-order valence-electron chi connectivity index (χ3n) is 7.20. The van der Waals surface area contributed by atoms with Crippen LogP contribution in [0, 0.1) is 5.92 Å². The summed E-state index contributed by atoms with van der Waals surface area (Å²) in [5, 5.41) is 24.1. The Kier molecular flexibility index (Phi) is 15.2. The molecule has 3 aromatic heterocycles. The van der Waals surface area contributed by atoms with Crippen molar-refractivity contribution in [1.29, 1.82) is 0 Å². The van der Waals surface area contributed by atoms with Crippen LogP contribution in [0.2, 0.25) is 0 Å². The minimum Gasteiger partial charge on any atom is -0.480 e. The molecule has 0 unspecified atom stereocenters. The predicted octanol–water partition coefficient (Wildman–Crippen LogP) is -3.86. The van der Waals surface area contributed by atoms with Gasteiger partial charge in [0.1, 0.15) is 18.1 Å². The van der Waals surface area contributed by atoms with Crippen LogP contribution in [-0.4, -0.2) is 120 Å². The molecule has 12 N–H and O–H groups in total. The van der Waals surface area contributed by atoms with E-state index in [2.05, 4.69) is 61.8 Å². The SMILES string of the molecule is CC(C)C[C@H](NC(=O)CNC(=O)[C@@H](N)Cc1cnc[nH]1)C(=O)NCC(=O)N[C@@H](Cc1cnc[nH]1)C(=O)NCC(=O)N[C@@H](Cc1cnc[nH]1)C(=O)O. The average Bonchev–Trinajstić information content (AvgIpc) is 3.89. The van der Waals surface area contributed by atoms with Gasteiger partial charge in [0, 0.05) is 54.9 Å². The number of aromatic nitrogens is 6. The number of aliphatic carboxylic acids is 1. The van der Waals surface area contributed by atoms with Gasteiger partial charge >= 0.3 is 5.97 Å². The second-order valence-corrected chi connectivity index (χ2v) is 11.9. The van der Waals surface area contributed by atoms with E-state index in [0.717, 1.165) is 0 Å². The summed E-state index contributed by atoms with van der Waals surface area (Å²) < 4.78 is 0. The first-order chi connectivity index (χ1) is 24.3. The Morgan fingerprint density at radius 2 is 1.02 bits per heavy atom. The number of hydrogen-bond acceptors (Lipinski definition) is 11. The summed E-state index contributed by atoms with van der Waals surface area (Å²) >= 11 is 0. The first kappa shape index (κ1) is 39.3. The smallest absolute Gasteiger partial charge is 0.326 e. The number of carboxylic acid groups (broad SMARTS) is 1. The van der Waals surface area contributed by atoms with Gasteiger partial charge in [-0.25, -0.2) is 19.7 Å². The van der Waals surface area contributed by atoms with Crippen LogP contribution in [0.1, 0.15) is 37.4 Å². The molecule has 0 aliphatic rings. The normalized spacial score (nSPS) is 13.3. The first-order valence-corrected chi connectivity index (χ1v) is 15.9. The number of carbonyl (C=O) groups is 7. The molecule has 0 spiro atoms. The van der Waals surface area contributed by atoms with Crippen molar-refractivity contribution in [2.24, 2.45) is 11.7 Å². The molecule has 0 aliphatic heterocycles. The third-order valence-corrected chi connectivity index (χ3v) is 7.20. The van der Waals surface area contributed by atoms with E-state index in [4.69, 9.17) is 5.73 Å². The highest BCUT2D eigenvalue weighted by Gasteiger charge is 2.27. The zero-order chi connectivity index (χ0) is 37.3. The quantitative estimate of drug-likeness (QED) is 0.0506. The largest absolute Gasteiger partial charge is 0.480 e. The molecule has 3 aromatic rings. The fourth-order valence-corrected chi connectivity index (χ4v) is 4.69. The molecule has 3 rings (SSSR count). The number of hydrogen-bond donors (Lipinski definition) is 11. The molecule has 0 aromatic carbocycles. The predicted molar refractivity (Wildman–Crippen MR) is 177 cm³/mol. The van der Waals surface area contributed by atoms with Gasteiger partial charge in [-0.05, 0) is 12.3 Å². The average molecular weight is 714 g/mol. The lowest BCUT2D eigenvalue weighted by atomic mass is 10.0. The fourth-order valence-electron chi connectivity index (χ4n) is 4.69. The van der Waals surface area contributed by atoms with Crippen molar-refractivity contribution >= 4 is 41.4 Å². The van der Waals surface area contributed by atoms with Crippen molar-refractivity contribution in [2.45, 2.75) is 63.7 Å². The minimum absolute atomic E-state index is 0.0387. The molecule has 0 aliphatic carbocycles. The van der Waals surface area contributed by atoms with E-state index < -0.39 is 85.2 Å². The Balaban J connectivity index is 1.51. The van der Waals surface area contributed by atoms with E-state index in [9.17, 15) is 38.7 Å². The number of nitrogens with one attached hydrogen (secondary N) is 9. The van der Waals surface area contributed by atoms with Crippen molar-refractivity contribution in [3.8, 4) is 0 Å². The molecular formula is C30H43N13O8. The molecule has 21 nitrogen and oxygen atoms in total. The lowest BCUT2D eigenvalue weighted by Gasteiger charge is -2.21. The summed E-state index contributed by atoms with van der Waals surface area (Å²) in [6, 6.07) is -4.51. The van der Waals surface area contributed by atoms with Crippen LogP contribution in [0.3, 0.4) is 0 Å². The zero-order valence-electron chi connectivity index (χ0n) is 28.0. The van der Waals surface area contributed by atoms with E-state index in [1.165, 1.54) is 37.6 Å². The second-order valence-electron chi connectivity index (χ2n) is 11.9. The summed E-state index contributed by atoms with van der Waals surface area (Å²) in [6.07, 6.45) is 8.82. The van der Waals surface area contributed by atoms with Crippen LogP contribution in [0.25, 0.3) is 0 Å². The topological polar surface area (TPSA) is 324 Å². The summed E-state index contributed by atoms with van der Waals surface area (Å²) in [4.78, 5) is 108. The number of carbonyl (C=O) groups excluding carboxylic acids is 6. The second kappa shape index (κ2) is 19.8. The van der Waals surface area contributed by atoms with Crippen molar-refractivity contribution < 1.29 is 38.7 Å². The summed E-state index contributed by atoms with van der Waals surface area (Å²) in [5.41, 5.74) is 7.48. The Bertz CT molecular complexity index is 1590. The van der Waals surface area contributed by atoms with Crippen LogP contribution in [0.4, 0.5) is 0 Å². The number of nitrogens with two attached hydrogens (primary N) is 1. The summed E-state index contributed by atoms with van der Waals surface area (Å²) in [6.45, 7) is 2.06. The number of carboxylic acids is 1. The van der Waals surface area contributed by atoms with Gasteiger partial charge in [-0.15, -0.1) is 0 Å². The van der Waals surface area contributed by atoms with Crippen molar-refractivity contribution in [1.82, 2.24) is 61.8 Å². The van der Waals surface area contributed by atoms with Crippen LogP contribution < -0.4 is 37.6 Å². The maximum Gasteiger partial charge on any atom is 0.326 e. The van der Waals surface area contributed by atoms with Gasteiger partial charge in [0.2, 0.25) is 35.4 Å². The number of aromatic amines is 3. The van der Waals surface area contributed by atoms with E-state index in [1.807, 2.05) is 13.8 Å². The van der Waals surface area contributed by atoms with Gasteiger partial charge < -0.3 is 57.7 Å². The van der Waals surface area contributed by atoms with Gasteiger partial charge in [0.15, 0.2) is 0 Å². The first-order valence-electron chi connectivity index (χ1n) is 15.9. The highest BCUT2D eigenvalue weighted by Crippen LogP contribution is 2.06. The molecule has 0 saturated carbocycles. The molecule has 0 radical (unpaired) electrons. The highest BCUT2D eigenvalue weighted by atomic mass is 16.4. The zero-order valence-corrected chi connectivity index (χ0v) is 28.0. The molecule has 21 heteroatoms. The standard InChI is InChI=1S/C30H43N13O8/c1-16(2)3-21(41-24(44)10-35-27(47)20(31)4-17-7-32-13-38-17)28(48)36-11-25(45)42-22(5-18-8-33-14-39-18)29(49)37-12-26(46)43-23(30(50)51)6-19-9-34-15-40-19/h7-9,13-16,20-23H,3-6,10-12,31H2,1-2H3,(H,32,38)(H,33,39)(H,34,40)(H,35,47)(H,36,48)(H,37,49)(H,41,44)(H,42,45)(H,43,46)(H,50,51)/t20-,21-,22-,23-/m0/s1. The van der Waals surface area contributed by atoms with Crippen LogP contribution >= 0.6 is 0 Å². The lowest BCUT2D eigenvalue weighted by Crippen LogP contribution is -2.55. The van der Waals surface area contributed by atoms with Crippen LogP contribution in [0.15, 0.2) is 37.6 Å². The summed E-state index contributed by atoms with van der Waals surface area (Å²) in [7, 11) is 0. The highest BCUT2D eigenvalue weighted by molar-refractivity contribution is 5.94. The Morgan fingerprint density at radius 3 is 1.45 bits per heavy atom. The van der Waals surface area contributed by atoms with Crippen LogP contribution in [-0.2, 0) is 52.8 Å². The third kappa shape index (κ3) is 14.1. The number of H-pyrrole nitrogens is 3. The van der Waals surface area contributed by atoms with Crippen LogP contribution in [0.5, 0.6) is 0 Å². The van der Waals surface area contributed by atoms with E-state index in [0.29, 0.717) is 17.1 Å². The van der Waals surface area contributed by atoms with Gasteiger partial charge in [0.05, 0.1) is 44.7 Å². The molecule has 0 saturated heterocycles. The van der Waals surface area contributed by atoms with Gasteiger partial charge in [-0.1, -0.05) is 13.8 Å². The molecule has 4 atom stereocenters. The van der Waals surface area contributed by atoms with Gasteiger partial charge in [-0.2, -0.15) is 0 Å². The van der Waals surface area contributed by atoms with Gasteiger partial charge in [0.25, 0.3) is 0 Å². The molecule has 0 fully saturated rings. The van der Waals surface area contributed by atoms with E-state index in [-0.39, 0.29) is 31.6 Å². The van der Waals surface area contributed by atoms with Gasteiger partial charge in [-0.3, -0.25) is 28.8 Å². The molecule has 6 amide bonds. The number of nitrogens with zero attached hydrogens (tertiary/aromatic N) is 3. The molecule has 276 valence electrons.